The Morgan fingerprint density at radius 2 is 1.75 bits per heavy atom. The van der Waals surface area contributed by atoms with Crippen molar-refractivity contribution in [1.82, 2.24) is 0 Å². The lowest BCUT2D eigenvalue weighted by Gasteiger charge is -2.08. The van der Waals surface area contributed by atoms with Gasteiger partial charge in [0.05, 0.1) is 0 Å². The maximum atomic E-state index is 10.5. The summed E-state index contributed by atoms with van der Waals surface area (Å²) in [6.07, 6.45) is 6.51. The lowest BCUT2D eigenvalue weighted by Crippen LogP contribution is -2.03. The number of para-hydroxylation sites is 1. The number of hydrogen-bond donors (Lipinski definition) is 2. The first-order valence-electron chi connectivity index (χ1n) is 6.92. The van der Waals surface area contributed by atoms with Crippen molar-refractivity contribution in [2.45, 2.75) is 44.9 Å². The molecule has 0 heterocycles. The predicted molar refractivity (Wildman–Crippen MR) is 87.1 cm³/mol. The molecule has 0 fully saturated rings. The van der Waals surface area contributed by atoms with E-state index in [0.717, 1.165) is 24.8 Å². The van der Waals surface area contributed by atoms with Gasteiger partial charge >= 0.3 is 6.16 Å². The summed E-state index contributed by atoms with van der Waals surface area (Å²) in [4.78, 5) is 10.5. The first kappa shape index (κ1) is 17.1. The molecule has 2 N–H and O–H groups in total. The van der Waals surface area contributed by atoms with Crippen molar-refractivity contribution < 1.29 is 19.7 Å². The smallest absolute Gasteiger partial charge is 0.504 e. The number of benzene rings is 1. The van der Waals surface area contributed by atoms with Gasteiger partial charge in [-0.3, -0.25) is 0 Å². The predicted octanol–water partition coefficient (Wildman–Crippen LogP) is 4.77. The van der Waals surface area contributed by atoms with Crippen LogP contribution < -0.4 is 4.74 Å². The maximum absolute atomic E-state index is 10.5. The first-order chi connectivity index (χ1) is 9.65. The van der Waals surface area contributed by atoms with Crippen LogP contribution in [-0.4, -0.2) is 20.8 Å². The van der Waals surface area contributed by atoms with Gasteiger partial charge in [0, 0.05) is 0 Å². The normalized spacial score (nSPS) is 10.4. The molecular weight excluding hydrogens is 371 g/mol. The van der Waals surface area contributed by atoms with Crippen LogP contribution in [0.25, 0.3) is 0 Å². The third-order valence-electron chi connectivity index (χ3n) is 3.11. The Labute approximate surface area is 133 Å². The third kappa shape index (κ3) is 6.45. The molecular formula is C15H21IO4. The van der Waals surface area contributed by atoms with E-state index >= 15 is 0 Å². The average molecular weight is 392 g/mol. The van der Waals surface area contributed by atoms with Gasteiger partial charge in [0.15, 0.2) is 11.5 Å². The number of aromatic hydroxyl groups is 1. The number of unbranched alkanes of at least 4 members (excludes halogenated alkanes) is 5. The van der Waals surface area contributed by atoms with E-state index in [4.69, 9.17) is 5.11 Å². The molecule has 0 bridgehead atoms. The first-order valence-corrected chi connectivity index (χ1v) is 8.45. The Hall–Kier alpha value is -0.980. The van der Waals surface area contributed by atoms with Crippen molar-refractivity contribution in [1.29, 1.82) is 0 Å². The number of halogens is 1. The Morgan fingerprint density at radius 1 is 1.10 bits per heavy atom. The number of alkyl halides is 1. The third-order valence-corrected chi connectivity index (χ3v) is 3.87. The fraction of sp³-hybridized carbons (Fsp3) is 0.533. The summed E-state index contributed by atoms with van der Waals surface area (Å²) in [6.45, 7) is 0. The highest BCUT2D eigenvalue weighted by Gasteiger charge is 2.10. The minimum Gasteiger partial charge on any atom is -0.504 e. The van der Waals surface area contributed by atoms with E-state index in [2.05, 4.69) is 27.3 Å². The molecule has 0 atom stereocenters. The lowest BCUT2D eigenvalue weighted by molar-refractivity contribution is 0.143. The van der Waals surface area contributed by atoms with Crippen LogP contribution in [0.4, 0.5) is 4.79 Å². The quantitative estimate of drug-likeness (QED) is 0.209. The summed E-state index contributed by atoms with van der Waals surface area (Å²) < 4.78 is 5.75. The highest BCUT2D eigenvalue weighted by molar-refractivity contribution is 14.1. The summed E-state index contributed by atoms with van der Waals surface area (Å²) >= 11 is 2.40. The van der Waals surface area contributed by atoms with Crippen LogP contribution in [0.15, 0.2) is 18.2 Å². The number of phenolic OH excluding ortho intramolecular Hbond substituents is 1. The van der Waals surface area contributed by atoms with Gasteiger partial charge in [0.1, 0.15) is 0 Å². The standard InChI is InChI=1S/C15H21IO4/c16-11-6-4-2-1-3-5-8-12-9-7-10-13(14(12)17)20-15(18)19/h7,9-10,17H,1-6,8,11H2,(H,18,19). The van der Waals surface area contributed by atoms with Crippen LogP contribution in [0, 0.1) is 0 Å². The number of carbonyl (C=O) groups is 1. The minimum absolute atomic E-state index is 0.0112. The average Bonchev–Trinajstić information content (AvgIpc) is 2.41. The SMILES string of the molecule is O=C(O)Oc1cccc(CCCCCCCCI)c1O. The van der Waals surface area contributed by atoms with Crippen molar-refractivity contribution in [2.75, 3.05) is 4.43 Å². The molecule has 20 heavy (non-hydrogen) atoms. The van der Waals surface area contributed by atoms with Crippen LogP contribution >= 0.6 is 22.6 Å². The molecule has 0 saturated carbocycles. The zero-order valence-electron chi connectivity index (χ0n) is 11.5. The van der Waals surface area contributed by atoms with Crippen LogP contribution in [0.2, 0.25) is 0 Å². The van der Waals surface area contributed by atoms with Crippen LogP contribution in [0.1, 0.15) is 44.1 Å². The summed E-state index contributed by atoms with van der Waals surface area (Å²) in [6, 6.07) is 4.96. The highest BCUT2D eigenvalue weighted by atomic mass is 127. The summed E-state index contributed by atoms with van der Waals surface area (Å²) in [5.41, 5.74) is 0.746. The molecule has 0 saturated heterocycles. The lowest BCUT2D eigenvalue weighted by atomic mass is 10.0. The molecule has 0 unspecified atom stereocenters. The number of ether oxygens (including phenoxy) is 1. The van der Waals surface area contributed by atoms with Crippen LogP contribution in [0.5, 0.6) is 11.5 Å². The second kappa shape index (κ2) is 9.85. The topological polar surface area (TPSA) is 66.8 Å². The number of aryl methyl sites for hydroxylation is 1. The molecule has 0 aliphatic rings. The van der Waals surface area contributed by atoms with Crippen molar-refractivity contribution in [3.8, 4) is 11.5 Å². The van der Waals surface area contributed by atoms with Gasteiger partial charge in [-0.05, 0) is 35.3 Å². The van der Waals surface area contributed by atoms with E-state index in [-0.39, 0.29) is 11.5 Å². The second-order valence-electron chi connectivity index (χ2n) is 4.69. The fourth-order valence-corrected chi connectivity index (χ4v) is 2.60. The zero-order valence-corrected chi connectivity index (χ0v) is 13.6. The fourth-order valence-electron chi connectivity index (χ4n) is 2.06. The minimum atomic E-state index is -1.41. The molecule has 0 radical (unpaired) electrons. The van der Waals surface area contributed by atoms with Gasteiger partial charge in [-0.1, -0.05) is 60.4 Å². The summed E-state index contributed by atoms with van der Waals surface area (Å²) in [7, 11) is 0. The second-order valence-corrected chi connectivity index (χ2v) is 5.77. The number of carboxylic acid groups (broad SMARTS) is 1. The Balaban J connectivity index is 2.35. The molecule has 0 spiro atoms. The van der Waals surface area contributed by atoms with Crippen LogP contribution in [0.3, 0.4) is 0 Å². The molecule has 0 aliphatic carbocycles. The van der Waals surface area contributed by atoms with E-state index in [1.807, 2.05) is 0 Å². The van der Waals surface area contributed by atoms with Crippen LogP contribution in [-0.2, 0) is 6.42 Å². The van der Waals surface area contributed by atoms with Gasteiger partial charge in [0.2, 0.25) is 0 Å². The molecule has 0 aromatic heterocycles. The monoisotopic (exact) mass is 392 g/mol. The van der Waals surface area contributed by atoms with E-state index in [1.54, 1.807) is 12.1 Å². The molecule has 1 rings (SSSR count). The number of rotatable bonds is 9. The zero-order chi connectivity index (χ0) is 14.8. The van der Waals surface area contributed by atoms with Crippen molar-refractivity contribution in [2.24, 2.45) is 0 Å². The van der Waals surface area contributed by atoms with Gasteiger partial charge in [-0.2, -0.15) is 0 Å². The number of phenols is 1. The Bertz CT molecular complexity index is 420. The van der Waals surface area contributed by atoms with Gasteiger partial charge in [-0.25, -0.2) is 4.79 Å². The Morgan fingerprint density at radius 3 is 2.40 bits per heavy atom. The van der Waals surface area contributed by atoms with E-state index < -0.39 is 6.16 Å². The van der Waals surface area contributed by atoms with Gasteiger partial charge < -0.3 is 14.9 Å². The van der Waals surface area contributed by atoms with E-state index in [0.29, 0.717) is 0 Å². The van der Waals surface area contributed by atoms with Crippen molar-refractivity contribution >= 4 is 28.7 Å². The van der Waals surface area contributed by atoms with Crippen molar-refractivity contribution in [3.63, 3.8) is 0 Å². The Kier molecular flexibility index (Phi) is 8.41. The molecule has 4 nitrogen and oxygen atoms in total. The summed E-state index contributed by atoms with van der Waals surface area (Å²) in [5.74, 6) is -0.0446. The molecule has 1 aromatic carbocycles. The van der Waals surface area contributed by atoms with Gasteiger partial charge in [0.25, 0.3) is 0 Å². The molecule has 0 amide bonds. The molecule has 1 aromatic rings. The van der Waals surface area contributed by atoms with E-state index in [1.165, 1.54) is 36.2 Å². The summed E-state index contributed by atoms with van der Waals surface area (Å²) in [5, 5.41) is 18.5. The van der Waals surface area contributed by atoms with Gasteiger partial charge in [-0.15, -0.1) is 0 Å². The molecule has 5 heteroatoms. The van der Waals surface area contributed by atoms with E-state index in [9.17, 15) is 9.90 Å². The van der Waals surface area contributed by atoms with Crippen molar-refractivity contribution in [3.05, 3.63) is 23.8 Å². The number of hydrogen-bond acceptors (Lipinski definition) is 3. The highest BCUT2D eigenvalue weighted by Crippen LogP contribution is 2.31. The molecule has 0 aliphatic heterocycles. The maximum Gasteiger partial charge on any atom is 0.511 e. The largest absolute Gasteiger partial charge is 0.511 e. The molecule has 112 valence electrons.